The molecule has 1 aromatic rings. The maximum absolute atomic E-state index is 12.2. The van der Waals surface area contributed by atoms with E-state index < -0.39 is 10.0 Å². The van der Waals surface area contributed by atoms with Crippen molar-refractivity contribution in [3.05, 3.63) is 23.8 Å². The van der Waals surface area contributed by atoms with Crippen molar-refractivity contribution in [1.82, 2.24) is 9.62 Å². The van der Waals surface area contributed by atoms with Crippen LogP contribution >= 0.6 is 0 Å². The van der Waals surface area contributed by atoms with Gasteiger partial charge in [-0.3, -0.25) is 4.79 Å². The van der Waals surface area contributed by atoms with Crippen LogP contribution in [0.5, 0.6) is 11.5 Å². The monoisotopic (exact) mass is 370 g/mol. The van der Waals surface area contributed by atoms with E-state index in [1.54, 1.807) is 14.2 Å². The van der Waals surface area contributed by atoms with Crippen molar-refractivity contribution in [3.63, 3.8) is 0 Å². The number of aryl methyl sites for hydroxylation is 1. The van der Waals surface area contributed by atoms with Crippen molar-refractivity contribution in [3.8, 4) is 11.5 Å². The Balaban J connectivity index is 1.90. The van der Waals surface area contributed by atoms with E-state index in [4.69, 9.17) is 9.47 Å². The molecule has 1 atom stereocenters. The summed E-state index contributed by atoms with van der Waals surface area (Å²) < 4.78 is 35.2. The summed E-state index contributed by atoms with van der Waals surface area (Å²) in [5.74, 6) is 1.34. The summed E-state index contributed by atoms with van der Waals surface area (Å²) in [5.41, 5.74) is 0.901. The number of hydrogen-bond donors (Lipinski definition) is 1. The van der Waals surface area contributed by atoms with Crippen molar-refractivity contribution >= 4 is 15.9 Å². The number of ether oxygens (including phenoxy) is 2. The molecule has 1 aromatic carbocycles. The van der Waals surface area contributed by atoms with Gasteiger partial charge in [0.15, 0.2) is 0 Å². The van der Waals surface area contributed by atoms with Crippen molar-refractivity contribution in [2.75, 3.05) is 33.6 Å². The Morgan fingerprint density at radius 1 is 1.32 bits per heavy atom. The SMILES string of the molecule is COc1ccc(OC)c(CCC(=O)NC2CCCN(S(C)(=O)=O)C2)c1. The molecule has 1 amide bonds. The third-order valence-corrected chi connectivity index (χ3v) is 5.60. The number of carbonyl (C=O) groups is 1. The Morgan fingerprint density at radius 2 is 2.08 bits per heavy atom. The first-order chi connectivity index (χ1) is 11.8. The van der Waals surface area contributed by atoms with Crippen LogP contribution in [0.25, 0.3) is 0 Å². The summed E-state index contributed by atoms with van der Waals surface area (Å²) in [4.78, 5) is 12.2. The van der Waals surface area contributed by atoms with E-state index >= 15 is 0 Å². The lowest BCUT2D eigenvalue weighted by Crippen LogP contribution is -2.49. The number of nitrogens with zero attached hydrogens (tertiary/aromatic N) is 1. The molecule has 1 fully saturated rings. The van der Waals surface area contributed by atoms with Gasteiger partial charge in [-0.25, -0.2) is 12.7 Å². The van der Waals surface area contributed by atoms with Crippen LogP contribution < -0.4 is 14.8 Å². The fourth-order valence-corrected chi connectivity index (χ4v) is 3.90. The molecule has 140 valence electrons. The van der Waals surface area contributed by atoms with Crippen molar-refractivity contribution in [1.29, 1.82) is 0 Å². The second kappa shape index (κ2) is 8.53. The maximum atomic E-state index is 12.2. The average molecular weight is 370 g/mol. The summed E-state index contributed by atoms with van der Waals surface area (Å²) in [6, 6.07) is 5.35. The number of rotatable bonds is 7. The molecule has 1 aliphatic heterocycles. The van der Waals surface area contributed by atoms with Gasteiger partial charge in [0, 0.05) is 25.6 Å². The zero-order valence-corrected chi connectivity index (χ0v) is 15.8. The zero-order valence-electron chi connectivity index (χ0n) is 14.9. The second-order valence-corrected chi connectivity index (χ2v) is 8.19. The lowest BCUT2D eigenvalue weighted by Gasteiger charge is -2.31. The van der Waals surface area contributed by atoms with E-state index in [1.807, 2.05) is 18.2 Å². The summed E-state index contributed by atoms with van der Waals surface area (Å²) in [7, 11) is -0.0323. The quantitative estimate of drug-likeness (QED) is 0.779. The first-order valence-electron chi connectivity index (χ1n) is 8.29. The molecular formula is C17H26N2O5S. The van der Waals surface area contributed by atoms with Gasteiger partial charge in [0.25, 0.3) is 0 Å². The van der Waals surface area contributed by atoms with E-state index in [9.17, 15) is 13.2 Å². The summed E-state index contributed by atoms with van der Waals surface area (Å²) in [5, 5.41) is 2.94. The average Bonchev–Trinajstić information content (AvgIpc) is 2.59. The van der Waals surface area contributed by atoms with Crippen LogP contribution in [-0.2, 0) is 21.2 Å². The molecule has 7 nitrogen and oxygen atoms in total. The van der Waals surface area contributed by atoms with Gasteiger partial charge in [0.05, 0.1) is 20.5 Å². The summed E-state index contributed by atoms with van der Waals surface area (Å²) >= 11 is 0. The minimum absolute atomic E-state index is 0.0924. The van der Waals surface area contributed by atoms with E-state index in [2.05, 4.69) is 5.32 Å². The smallest absolute Gasteiger partial charge is 0.220 e. The molecule has 25 heavy (non-hydrogen) atoms. The van der Waals surface area contributed by atoms with Gasteiger partial charge in [-0.2, -0.15) is 0 Å². The Kier molecular flexibility index (Phi) is 6.66. The second-order valence-electron chi connectivity index (χ2n) is 6.21. The van der Waals surface area contributed by atoms with Crippen LogP contribution in [-0.4, -0.2) is 58.2 Å². The summed E-state index contributed by atoms with van der Waals surface area (Å²) in [6.45, 7) is 0.860. The Morgan fingerprint density at radius 3 is 2.72 bits per heavy atom. The van der Waals surface area contributed by atoms with Crippen LogP contribution in [0.1, 0.15) is 24.8 Å². The van der Waals surface area contributed by atoms with Crippen molar-refractivity contribution in [2.45, 2.75) is 31.7 Å². The van der Waals surface area contributed by atoms with E-state index in [1.165, 1.54) is 10.6 Å². The third-order valence-electron chi connectivity index (χ3n) is 4.33. The van der Waals surface area contributed by atoms with Gasteiger partial charge in [-0.15, -0.1) is 0 Å². The number of methoxy groups -OCH3 is 2. The van der Waals surface area contributed by atoms with E-state index in [0.29, 0.717) is 31.7 Å². The normalized spacial score (nSPS) is 18.6. The molecule has 1 heterocycles. The fourth-order valence-electron chi connectivity index (χ4n) is 2.99. The van der Waals surface area contributed by atoms with Gasteiger partial charge < -0.3 is 14.8 Å². The first kappa shape index (κ1) is 19.5. The maximum Gasteiger partial charge on any atom is 0.220 e. The highest BCUT2D eigenvalue weighted by Crippen LogP contribution is 2.25. The lowest BCUT2D eigenvalue weighted by molar-refractivity contribution is -0.122. The topological polar surface area (TPSA) is 84.9 Å². The van der Waals surface area contributed by atoms with Crippen LogP contribution in [0.2, 0.25) is 0 Å². The molecule has 1 N–H and O–H groups in total. The largest absolute Gasteiger partial charge is 0.497 e. The van der Waals surface area contributed by atoms with Crippen LogP contribution in [0, 0.1) is 0 Å². The predicted molar refractivity (Wildman–Crippen MR) is 95.4 cm³/mol. The molecule has 1 unspecified atom stereocenters. The standard InChI is InChI=1S/C17H26N2O5S/c1-23-15-7-8-16(24-2)13(11-15)6-9-17(20)18-14-5-4-10-19(12-14)25(3,21)22/h7-8,11,14H,4-6,9-10,12H2,1-3H3,(H,18,20). The number of hydrogen-bond acceptors (Lipinski definition) is 5. The van der Waals surface area contributed by atoms with Crippen LogP contribution in [0.3, 0.4) is 0 Å². The third kappa shape index (κ3) is 5.61. The number of nitrogens with one attached hydrogen (secondary N) is 1. The van der Waals surface area contributed by atoms with Crippen LogP contribution in [0.15, 0.2) is 18.2 Å². The molecule has 0 saturated carbocycles. The predicted octanol–water partition coefficient (Wildman–Crippen LogP) is 1.18. The van der Waals surface area contributed by atoms with Gasteiger partial charge in [-0.1, -0.05) is 0 Å². The van der Waals surface area contributed by atoms with Gasteiger partial charge in [-0.05, 0) is 43.0 Å². The van der Waals surface area contributed by atoms with Gasteiger partial charge >= 0.3 is 0 Å². The van der Waals surface area contributed by atoms with E-state index in [-0.39, 0.29) is 11.9 Å². The Labute approximate surface area is 149 Å². The highest BCUT2D eigenvalue weighted by Gasteiger charge is 2.26. The summed E-state index contributed by atoms with van der Waals surface area (Å²) in [6.07, 6.45) is 3.57. The molecule has 1 saturated heterocycles. The molecule has 2 rings (SSSR count). The minimum Gasteiger partial charge on any atom is -0.497 e. The molecular weight excluding hydrogens is 344 g/mol. The minimum atomic E-state index is -3.21. The Hall–Kier alpha value is -1.80. The molecule has 0 aromatic heterocycles. The molecule has 0 aliphatic carbocycles. The van der Waals surface area contributed by atoms with Gasteiger partial charge in [0.1, 0.15) is 11.5 Å². The Bertz CT molecular complexity index is 705. The highest BCUT2D eigenvalue weighted by molar-refractivity contribution is 7.88. The van der Waals surface area contributed by atoms with Gasteiger partial charge in [0.2, 0.25) is 15.9 Å². The lowest BCUT2D eigenvalue weighted by atomic mass is 10.1. The highest BCUT2D eigenvalue weighted by atomic mass is 32.2. The molecule has 0 spiro atoms. The van der Waals surface area contributed by atoms with Crippen LogP contribution in [0.4, 0.5) is 0 Å². The zero-order chi connectivity index (χ0) is 18.4. The first-order valence-corrected chi connectivity index (χ1v) is 10.1. The van der Waals surface area contributed by atoms with E-state index in [0.717, 1.165) is 24.2 Å². The number of piperidine rings is 1. The molecule has 0 radical (unpaired) electrons. The van der Waals surface area contributed by atoms with Crippen molar-refractivity contribution < 1.29 is 22.7 Å². The van der Waals surface area contributed by atoms with Crippen molar-refractivity contribution in [2.24, 2.45) is 0 Å². The number of benzene rings is 1. The number of amides is 1. The number of carbonyl (C=O) groups excluding carboxylic acids is 1. The molecule has 0 bridgehead atoms. The number of sulfonamides is 1. The fraction of sp³-hybridized carbons (Fsp3) is 0.588. The molecule has 1 aliphatic rings. The molecule has 8 heteroatoms.